The summed E-state index contributed by atoms with van der Waals surface area (Å²) in [6, 6.07) is 0. The molecule has 0 fully saturated rings. The molecule has 0 bridgehead atoms. The number of carbonyl (C=O) groups is 1. The van der Waals surface area contributed by atoms with Crippen LogP contribution in [-0.4, -0.2) is 41.0 Å². The summed E-state index contributed by atoms with van der Waals surface area (Å²) in [7, 11) is -1.77. The third-order valence-electron chi connectivity index (χ3n) is 1.35. The highest BCUT2D eigenvalue weighted by Gasteiger charge is 2.17. The van der Waals surface area contributed by atoms with Gasteiger partial charge in [0, 0.05) is 13.3 Å². The van der Waals surface area contributed by atoms with E-state index < -0.39 is 21.4 Å². The van der Waals surface area contributed by atoms with Gasteiger partial charge in [0.1, 0.15) is 12.1 Å². The minimum Gasteiger partial charge on any atom is -0.290 e. The molecule has 0 aliphatic rings. The van der Waals surface area contributed by atoms with Crippen LogP contribution in [-0.2, 0) is 16.9 Å². The van der Waals surface area contributed by atoms with Crippen molar-refractivity contribution < 1.29 is 13.2 Å². The second-order valence-electron chi connectivity index (χ2n) is 2.70. The number of carbonyl (C=O) groups excluding carboxylic acids is 1. The minimum absolute atomic E-state index is 0.0606. The van der Waals surface area contributed by atoms with Crippen molar-refractivity contribution in [2.45, 2.75) is 0 Å². The zero-order valence-electron chi connectivity index (χ0n) is 7.26. The Bertz CT molecular complexity index is 420. The Morgan fingerprint density at radius 2 is 2.23 bits per heavy atom. The van der Waals surface area contributed by atoms with Gasteiger partial charge in [-0.3, -0.25) is 4.79 Å². The Balaban J connectivity index is 2.88. The smallest absolute Gasteiger partial charge is 0.214 e. The van der Waals surface area contributed by atoms with E-state index in [1.807, 2.05) is 0 Å². The summed E-state index contributed by atoms with van der Waals surface area (Å²) >= 11 is 0. The van der Waals surface area contributed by atoms with Crippen molar-refractivity contribution in [1.29, 1.82) is 0 Å². The molecule has 0 N–H and O–H groups in total. The molecule has 0 saturated carbocycles. The molecule has 6 nitrogen and oxygen atoms in total. The van der Waals surface area contributed by atoms with Crippen LogP contribution in [0.3, 0.4) is 0 Å². The molecule has 0 aliphatic heterocycles. The Morgan fingerprint density at radius 3 is 2.62 bits per heavy atom. The maximum absolute atomic E-state index is 11.2. The third kappa shape index (κ3) is 2.62. The summed E-state index contributed by atoms with van der Waals surface area (Å²) in [6.45, 7) is 0. The van der Waals surface area contributed by atoms with Gasteiger partial charge in [0.05, 0.1) is 0 Å². The Kier molecular flexibility index (Phi) is 2.46. The van der Waals surface area contributed by atoms with Crippen LogP contribution in [0.4, 0.5) is 0 Å². The highest BCUT2D eigenvalue weighted by atomic mass is 32.2. The van der Waals surface area contributed by atoms with Crippen molar-refractivity contribution in [2.24, 2.45) is 7.05 Å². The molecule has 0 aromatic carbocycles. The third-order valence-corrected chi connectivity index (χ3v) is 2.14. The van der Waals surface area contributed by atoms with Gasteiger partial charge in [0.25, 0.3) is 0 Å². The number of hydrogen-bond donors (Lipinski definition) is 0. The van der Waals surface area contributed by atoms with Gasteiger partial charge in [-0.1, -0.05) is 0 Å². The molecule has 1 aromatic heterocycles. The molecular formula is C6H9N3O3S. The largest absolute Gasteiger partial charge is 0.290 e. The fourth-order valence-corrected chi connectivity index (χ4v) is 1.46. The standard InChI is InChI=1S/C6H9N3O3S/c1-9-6(7-4-8-9)5(10)3-13(2,11)12/h4H,3H2,1-2H3. The Labute approximate surface area is 75.5 Å². The van der Waals surface area contributed by atoms with Gasteiger partial charge < -0.3 is 0 Å². The number of sulfone groups is 1. The van der Waals surface area contributed by atoms with Crippen LogP contribution in [0.15, 0.2) is 6.33 Å². The number of aryl methyl sites for hydroxylation is 1. The number of aromatic nitrogens is 3. The van der Waals surface area contributed by atoms with Crippen LogP contribution >= 0.6 is 0 Å². The van der Waals surface area contributed by atoms with Gasteiger partial charge in [-0.25, -0.2) is 18.1 Å². The van der Waals surface area contributed by atoms with Gasteiger partial charge in [0.2, 0.25) is 5.78 Å². The summed E-state index contributed by atoms with van der Waals surface area (Å²) in [5.41, 5.74) is 0. The lowest BCUT2D eigenvalue weighted by Crippen LogP contribution is -2.18. The van der Waals surface area contributed by atoms with E-state index in [2.05, 4.69) is 10.1 Å². The van der Waals surface area contributed by atoms with E-state index in [1.165, 1.54) is 18.1 Å². The molecule has 0 spiro atoms. The van der Waals surface area contributed by atoms with Gasteiger partial charge in [-0.2, -0.15) is 5.10 Å². The lowest BCUT2D eigenvalue weighted by molar-refractivity contribution is 0.100. The number of Topliss-reactive ketones (excluding diaryl/α,β-unsaturated/α-hetero) is 1. The zero-order valence-corrected chi connectivity index (χ0v) is 8.08. The monoisotopic (exact) mass is 203 g/mol. The van der Waals surface area contributed by atoms with E-state index in [0.717, 1.165) is 6.26 Å². The van der Waals surface area contributed by atoms with Crippen molar-refractivity contribution in [3.05, 3.63) is 12.2 Å². The maximum Gasteiger partial charge on any atom is 0.214 e. The lowest BCUT2D eigenvalue weighted by Gasteiger charge is -1.97. The van der Waals surface area contributed by atoms with Crippen LogP contribution in [0.1, 0.15) is 10.6 Å². The Hall–Kier alpha value is -1.24. The second kappa shape index (κ2) is 3.25. The molecular weight excluding hydrogens is 194 g/mol. The van der Waals surface area contributed by atoms with Crippen LogP contribution in [0.25, 0.3) is 0 Å². The fourth-order valence-electron chi connectivity index (χ4n) is 0.851. The van der Waals surface area contributed by atoms with Gasteiger partial charge in [-0.15, -0.1) is 0 Å². The topological polar surface area (TPSA) is 81.9 Å². The predicted octanol–water partition coefficient (Wildman–Crippen LogP) is -0.958. The SMILES string of the molecule is Cn1ncnc1C(=O)CS(C)(=O)=O. The van der Waals surface area contributed by atoms with Crippen molar-refractivity contribution >= 4 is 15.6 Å². The first-order valence-corrected chi connectivity index (χ1v) is 5.51. The van der Waals surface area contributed by atoms with Gasteiger partial charge in [0.15, 0.2) is 15.7 Å². The van der Waals surface area contributed by atoms with Crippen LogP contribution < -0.4 is 0 Å². The molecule has 13 heavy (non-hydrogen) atoms. The fraction of sp³-hybridized carbons (Fsp3) is 0.500. The van der Waals surface area contributed by atoms with Crippen LogP contribution in [0, 0.1) is 0 Å². The highest BCUT2D eigenvalue weighted by Crippen LogP contribution is 1.96. The maximum atomic E-state index is 11.2. The molecule has 0 amide bonds. The molecule has 72 valence electrons. The van der Waals surface area contributed by atoms with Crippen molar-refractivity contribution in [3.63, 3.8) is 0 Å². The number of rotatable bonds is 3. The predicted molar refractivity (Wildman–Crippen MR) is 45.0 cm³/mol. The summed E-state index contributed by atoms with van der Waals surface area (Å²) in [5.74, 6) is -1.01. The van der Waals surface area contributed by atoms with Crippen molar-refractivity contribution in [3.8, 4) is 0 Å². The second-order valence-corrected chi connectivity index (χ2v) is 4.84. The number of nitrogens with zero attached hydrogens (tertiary/aromatic N) is 3. The quantitative estimate of drug-likeness (QED) is 0.591. The molecule has 0 atom stereocenters. The summed E-state index contributed by atoms with van der Waals surface area (Å²) < 4.78 is 22.8. The molecule has 0 aliphatic carbocycles. The van der Waals surface area contributed by atoms with Gasteiger partial charge in [-0.05, 0) is 0 Å². The highest BCUT2D eigenvalue weighted by molar-refractivity contribution is 7.91. The minimum atomic E-state index is -3.30. The van der Waals surface area contributed by atoms with Crippen molar-refractivity contribution in [2.75, 3.05) is 12.0 Å². The van der Waals surface area contributed by atoms with E-state index in [1.54, 1.807) is 0 Å². The Morgan fingerprint density at radius 1 is 1.62 bits per heavy atom. The van der Waals surface area contributed by atoms with E-state index >= 15 is 0 Å². The summed E-state index contributed by atoms with van der Waals surface area (Å²) in [5, 5.41) is 3.66. The van der Waals surface area contributed by atoms with E-state index in [9.17, 15) is 13.2 Å². The number of ketones is 1. The summed E-state index contributed by atoms with van der Waals surface area (Å²) in [4.78, 5) is 14.9. The lowest BCUT2D eigenvalue weighted by atomic mass is 10.4. The molecule has 1 heterocycles. The van der Waals surface area contributed by atoms with Crippen LogP contribution in [0.5, 0.6) is 0 Å². The van der Waals surface area contributed by atoms with Gasteiger partial charge >= 0.3 is 0 Å². The molecule has 0 saturated heterocycles. The normalized spacial score (nSPS) is 11.5. The van der Waals surface area contributed by atoms with E-state index in [4.69, 9.17) is 0 Å². The average Bonchev–Trinajstić information content (AvgIpc) is 2.30. The molecule has 0 unspecified atom stereocenters. The molecule has 7 heteroatoms. The average molecular weight is 203 g/mol. The zero-order chi connectivity index (χ0) is 10.1. The van der Waals surface area contributed by atoms with Crippen molar-refractivity contribution in [1.82, 2.24) is 14.8 Å². The number of hydrogen-bond acceptors (Lipinski definition) is 5. The van der Waals surface area contributed by atoms with E-state index in [-0.39, 0.29) is 5.82 Å². The molecule has 1 aromatic rings. The first kappa shape index (κ1) is 9.85. The van der Waals surface area contributed by atoms with E-state index in [0.29, 0.717) is 0 Å². The first-order valence-electron chi connectivity index (χ1n) is 3.45. The first-order chi connectivity index (χ1) is 5.90. The van der Waals surface area contributed by atoms with Crippen LogP contribution in [0.2, 0.25) is 0 Å². The molecule has 0 radical (unpaired) electrons. The summed E-state index contributed by atoms with van der Waals surface area (Å²) in [6.07, 6.45) is 2.21. The molecule has 1 rings (SSSR count).